The highest BCUT2D eigenvalue weighted by atomic mass is 16.3. The number of hydrogen-bond acceptors (Lipinski definition) is 5. The summed E-state index contributed by atoms with van der Waals surface area (Å²) in [5.74, 6) is 1.24. The Morgan fingerprint density at radius 2 is 1.74 bits per heavy atom. The van der Waals surface area contributed by atoms with Crippen molar-refractivity contribution in [1.82, 2.24) is 14.9 Å². The van der Waals surface area contributed by atoms with Crippen LogP contribution in [0.3, 0.4) is 0 Å². The lowest BCUT2D eigenvalue weighted by Crippen LogP contribution is -2.46. The number of hydrogen-bond donors (Lipinski definition) is 1. The van der Waals surface area contributed by atoms with Gasteiger partial charge in [-0.1, -0.05) is 13.0 Å². The highest BCUT2D eigenvalue weighted by Crippen LogP contribution is 2.24. The second-order valence-corrected chi connectivity index (χ2v) is 6.07. The number of piperazine rings is 1. The van der Waals surface area contributed by atoms with E-state index in [9.17, 15) is 5.11 Å². The Labute approximate surface area is 137 Å². The zero-order chi connectivity index (χ0) is 16.2. The molecule has 2 heterocycles. The van der Waals surface area contributed by atoms with E-state index in [4.69, 9.17) is 0 Å². The fourth-order valence-electron chi connectivity index (χ4n) is 3.04. The molecule has 0 aliphatic carbocycles. The first-order valence-electron chi connectivity index (χ1n) is 8.23. The number of rotatable bonds is 4. The Hall–Kier alpha value is -2.14. The van der Waals surface area contributed by atoms with Crippen LogP contribution in [0, 0.1) is 6.92 Å². The topological polar surface area (TPSA) is 52.5 Å². The van der Waals surface area contributed by atoms with Gasteiger partial charge in [0.05, 0.1) is 0 Å². The molecule has 0 bridgehead atoms. The summed E-state index contributed by atoms with van der Waals surface area (Å²) in [6, 6.07) is 5.89. The van der Waals surface area contributed by atoms with E-state index < -0.39 is 0 Å². The molecule has 1 fully saturated rings. The van der Waals surface area contributed by atoms with Gasteiger partial charge >= 0.3 is 0 Å². The Balaban J connectivity index is 1.63. The van der Waals surface area contributed by atoms with Gasteiger partial charge in [-0.25, -0.2) is 9.97 Å². The first-order valence-corrected chi connectivity index (χ1v) is 8.23. The van der Waals surface area contributed by atoms with Gasteiger partial charge in [-0.15, -0.1) is 0 Å². The number of phenols is 1. The average molecular weight is 312 g/mol. The van der Waals surface area contributed by atoms with Crippen molar-refractivity contribution in [3.8, 4) is 5.75 Å². The fourth-order valence-corrected chi connectivity index (χ4v) is 3.04. The van der Waals surface area contributed by atoms with Gasteiger partial charge in [0.25, 0.3) is 0 Å². The van der Waals surface area contributed by atoms with Crippen LogP contribution in [0.25, 0.3) is 0 Å². The summed E-state index contributed by atoms with van der Waals surface area (Å²) >= 11 is 0. The number of aromatic hydroxyl groups is 1. The minimum atomic E-state index is 0.416. The molecule has 0 saturated carbocycles. The van der Waals surface area contributed by atoms with Gasteiger partial charge in [-0.2, -0.15) is 0 Å². The summed E-state index contributed by atoms with van der Waals surface area (Å²) in [7, 11) is 0. The minimum Gasteiger partial charge on any atom is -0.508 e. The average Bonchev–Trinajstić information content (AvgIpc) is 2.59. The molecule has 1 saturated heterocycles. The molecule has 1 aliphatic rings. The summed E-state index contributed by atoms with van der Waals surface area (Å²) in [5, 5.41) is 9.95. The van der Waals surface area contributed by atoms with Gasteiger partial charge in [0.2, 0.25) is 5.95 Å². The van der Waals surface area contributed by atoms with Crippen LogP contribution in [0.4, 0.5) is 5.95 Å². The Bertz CT molecular complexity index is 652. The SMILES string of the molecule is CCc1cc(CN2CCN(c3ncccn3)CC2)c(C)cc1O. The monoisotopic (exact) mass is 312 g/mol. The van der Waals surface area contributed by atoms with Crippen molar-refractivity contribution in [3.05, 3.63) is 47.3 Å². The first kappa shape index (κ1) is 15.7. The van der Waals surface area contributed by atoms with Crippen LogP contribution in [0.1, 0.15) is 23.6 Å². The molecule has 122 valence electrons. The molecule has 23 heavy (non-hydrogen) atoms. The maximum Gasteiger partial charge on any atom is 0.225 e. The van der Waals surface area contributed by atoms with Gasteiger partial charge in [0.1, 0.15) is 5.75 Å². The van der Waals surface area contributed by atoms with Crippen LogP contribution < -0.4 is 4.90 Å². The molecule has 3 rings (SSSR count). The second kappa shape index (κ2) is 6.96. The van der Waals surface area contributed by atoms with Crippen LogP contribution in [0.5, 0.6) is 5.75 Å². The van der Waals surface area contributed by atoms with E-state index in [0.29, 0.717) is 5.75 Å². The Morgan fingerprint density at radius 1 is 1.04 bits per heavy atom. The molecular formula is C18H24N4O. The molecule has 0 atom stereocenters. The number of benzene rings is 1. The second-order valence-electron chi connectivity index (χ2n) is 6.07. The molecule has 5 nitrogen and oxygen atoms in total. The third kappa shape index (κ3) is 3.62. The number of anilines is 1. The van der Waals surface area contributed by atoms with Crippen LogP contribution in [0.15, 0.2) is 30.6 Å². The molecule has 0 amide bonds. The van der Waals surface area contributed by atoms with E-state index >= 15 is 0 Å². The van der Waals surface area contributed by atoms with Gasteiger partial charge in [0, 0.05) is 45.1 Å². The van der Waals surface area contributed by atoms with Crippen molar-refractivity contribution < 1.29 is 5.11 Å². The van der Waals surface area contributed by atoms with Crippen LogP contribution >= 0.6 is 0 Å². The van der Waals surface area contributed by atoms with Crippen molar-refractivity contribution in [2.45, 2.75) is 26.8 Å². The summed E-state index contributed by atoms with van der Waals surface area (Å²) in [6.45, 7) is 8.97. The van der Waals surface area contributed by atoms with E-state index in [0.717, 1.165) is 56.2 Å². The van der Waals surface area contributed by atoms with Gasteiger partial charge in [-0.05, 0) is 42.2 Å². The number of phenolic OH excluding ortho intramolecular Hbond substituents is 1. The third-order valence-electron chi connectivity index (χ3n) is 4.52. The molecule has 0 spiro atoms. The quantitative estimate of drug-likeness (QED) is 0.939. The Morgan fingerprint density at radius 3 is 2.39 bits per heavy atom. The van der Waals surface area contributed by atoms with Gasteiger partial charge in [0.15, 0.2) is 0 Å². The van der Waals surface area contributed by atoms with Crippen molar-refractivity contribution in [1.29, 1.82) is 0 Å². The van der Waals surface area contributed by atoms with Crippen LogP contribution in [-0.4, -0.2) is 46.2 Å². The lowest BCUT2D eigenvalue weighted by Gasteiger charge is -2.35. The van der Waals surface area contributed by atoms with Crippen molar-refractivity contribution >= 4 is 5.95 Å². The lowest BCUT2D eigenvalue weighted by molar-refractivity contribution is 0.248. The molecule has 1 aromatic heterocycles. The normalized spacial score (nSPS) is 15.8. The predicted octanol–water partition coefficient (Wildman–Crippen LogP) is 2.38. The Kier molecular flexibility index (Phi) is 4.76. The zero-order valence-electron chi connectivity index (χ0n) is 13.9. The number of aromatic nitrogens is 2. The van der Waals surface area contributed by atoms with E-state index in [1.807, 2.05) is 12.1 Å². The smallest absolute Gasteiger partial charge is 0.225 e. The standard InChI is InChI=1S/C18H24N4O/c1-3-15-12-16(14(2)11-17(15)23)13-21-7-9-22(10-8-21)18-19-5-4-6-20-18/h4-6,11-12,23H,3,7-10,13H2,1-2H3. The zero-order valence-corrected chi connectivity index (χ0v) is 13.9. The molecule has 0 unspecified atom stereocenters. The predicted molar refractivity (Wildman–Crippen MR) is 91.7 cm³/mol. The summed E-state index contributed by atoms with van der Waals surface area (Å²) < 4.78 is 0. The van der Waals surface area contributed by atoms with E-state index in [-0.39, 0.29) is 0 Å². The van der Waals surface area contributed by atoms with E-state index in [1.165, 1.54) is 5.56 Å². The maximum absolute atomic E-state index is 9.95. The van der Waals surface area contributed by atoms with E-state index in [2.05, 4.69) is 39.7 Å². The molecule has 5 heteroatoms. The highest BCUT2D eigenvalue weighted by Gasteiger charge is 2.19. The fraction of sp³-hybridized carbons (Fsp3) is 0.444. The summed E-state index contributed by atoms with van der Waals surface area (Å²) in [6.07, 6.45) is 4.44. The molecule has 1 aliphatic heterocycles. The van der Waals surface area contributed by atoms with Crippen molar-refractivity contribution in [2.24, 2.45) is 0 Å². The third-order valence-corrected chi connectivity index (χ3v) is 4.52. The molecule has 1 aromatic carbocycles. The van der Waals surface area contributed by atoms with Gasteiger partial charge in [-0.3, -0.25) is 4.90 Å². The molecular weight excluding hydrogens is 288 g/mol. The largest absolute Gasteiger partial charge is 0.508 e. The van der Waals surface area contributed by atoms with Crippen LogP contribution in [0.2, 0.25) is 0 Å². The van der Waals surface area contributed by atoms with Crippen molar-refractivity contribution in [3.63, 3.8) is 0 Å². The van der Waals surface area contributed by atoms with E-state index in [1.54, 1.807) is 12.4 Å². The number of nitrogens with zero attached hydrogens (tertiary/aromatic N) is 4. The molecule has 0 radical (unpaired) electrons. The minimum absolute atomic E-state index is 0.416. The van der Waals surface area contributed by atoms with Crippen LogP contribution in [-0.2, 0) is 13.0 Å². The summed E-state index contributed by atoms with van der Waals surface area (Å²) in [5.41, 5.74) is 3.50. The number of aryl methyl sites for hydroxylation is 2. The molecule has 2 aromatic rings. The molecule has 1 N–H and O–H groups in total. The highest BCUT2D eigenvalue weighted by molar-refractivity contribution is 5.41. The maximum atomic E-state index is 9.95. The lowest BCUT2D eigenvalue weighted by atomic mass is 10.0. The first-order chi connectivity index (χ1) is 11.2. The summed E-state index contributed by atoms with van der Waals surface area (Å²) in [4.78, 5) is 13.3. The van der Waals surface area contributed by atoms with Gasteiger partial charge < -0.3 is 10.0 Å². The van der Waals surface area contributed by atoms with Crippen molar-refractivity contribution in [2.75, 3.05) is 31.1 Å².